The maximum atomic E-state index is 11.5. The minimum Gasteiger partial charge on any atom is -0.344 e. The number of halogens is 1. The van der Waals surface area contributed by atoms with Crippen LogP contribution >= 0.6 is 15.9 Å². The molecule has 0 bridgehead atoms. The first-order valence-corrected chi connectivity index (χ1v) is 7.47. The van der Waals surface area contributed by atoms with Crippen LogP contribution in [0.5, 0.6) is 0 Å². The second-order valence-corrected chi connectivity index (χ2v) is 6.65. The summed E-state index contributed by atoms with van der Waals surface area (Å²) in [5.74, 6) is 0. The topological polar surface area (TPSA) is 65.1 Å². The highest BCUT2D eigenvalue weighted by molar-refractivity contribution is 9.10. The van der Waals surface area contributed by atoms with E-state index in [0.29, 0.717) is 5.39 Å². The van der Waals surface area contributed by atoms with E-state index in [1.165, 1.54) is 0 Å². The number of hydrogen-bond acceptors (Lipinski definition) is 2. The molecule has 0 saturated carbocycles. The van der Waals surface area contributed by atoms with Crippen LogP contribution in [-0.4, -0.2) is 13.0 Å². The lowest BCUT2D eigenvalue weighted by Crippen LogP contribution is -2.11. The number of benzene rings is 1. The first kappa shape index (κ1) is 12.6. The van der Waals surface area contributed by atoms with Gasteiger partial charge < -0.3 is 4.57 Å². The van der Waals surface area contributed by atoms with Gasteiger partial charge in [0.2, 0.25) is 10.0 Å². The highest BCUT2D eigenvalue weighted by Gasteiger charge is 2.18. The van der Waals surface area contributed by atoms with Crippen LogP contribution in [0.1, 0.15) is 19.9 Å². The summed E-state index contributed by atoms with van der Waals surface area (Å²) in [4.78, 5) is 0.169. The second-order valence-electron chi connectivity index (χ2n) is 4.20. The number of sulfonamides is 1. The van der Waals surface area contributed by atoms with Crippen LogP contribution in [0.15, 0.2) is 33.8 Å². The van der Waals surface area contributed by atoms with E-state index in [1.807, 2.05) is 30.5 Å². The zero-order valence-electron chi connectivity index (χ0n) is 9.51. The highest BCUT2D eigenvalue weighted by Crippen LogP contribution is 2.29. The first-order chi connectivity index (χ1) is 7.80. The second kappa shape index (κ2) is 4.12. The van der Waals surface area contributed by atoms with E-state index in [2.05, 4.69) is 15.9 Å². The number of aromatic nitrogens is 1. The Balaban J connectivity index is 2.90. The quantitative estimate of drug-likeness (QED) is 0.925. The summed E-state index contributed by atoms with van der Waals surface area (Å²) in [5.41, 5.74) is 0.868. The third kappa shape index (κ3) is 2.25. The van der Waals surface area contributed by atoms with Gasteiger partial charge in [-0.1, -0.05) is 15.9 Å². The van der Waals surface area contributed by atoms with Crippen LogP contribution in [0.25, 0.3) is 10.9 Å². The molecule has 2 rings (SSSR count). The van der Waals surface area contributed by atoms with Gasteiger partial charge in [0.25, 0.3) is 0 Å². The first-order valence-electron chi connectivity index (χ1n) is 5.13. The Kier molecular flexibility index (Phi) is 3.05. The molecule has 0 aliphatic carbocycles. The molecule has 92 valence electrons. The van der Waals surface area contributed by atoms with Crippen molar-refractivity contribution < 1.29 is 8.42 Å². The smallest absolute Gasteiger partial charge is 0.240 e. The lowest BCUT2D eigenvalue weighted by atomic mass is 10.2. The lowest BCUT2D eigenvalue weighted by Gasteiger charge is -2.08. The molecule has 1 heterocycles. The van der Waals surface area contributed by atoms with E-state index < -0.39 is 10.0 Å². The molecule has 0 spiro atoms. The molecule has 0 amide bonds. The lowest BCUT2D eigenvalue weighted by molar-refractivity contribution is 0.594. The molecular weight excluding hydrogens is 304 g/mol. The summed E-state index contributed by atoms with van der Waals surface area (Å²) in [6.45, 7) is 3.99. The van der Waals surface area contributed by atoms with Gasteiger partial charge in [-0.3, -0.25) is 0 Å². The molecule has 1 aromatic carbocycles. The number of rotatable bonds is 2. The minimum absolute atomic E-state index is 0.169. The summed E-state index contributed by atoms with van der Waals surface area (Å²) >= 11 is 3.33. The van der Waals surface area contributed by atoms with Gasteiger partial charge in [0.05, 0.1) is 0 Å². The number of nitrogens with two attached hydrogens (primary N) is 1. The van der Waals surface area contributed by atoms with Crippen LogP contribution in [0.4, 0.5) is 0 Å². The van der Waals surface area contributed by atoms with Crippen molar-refractivity contribution in [1.82, 2.24) is 4.57 Å². The summed E-state index contributed by atoms with van der Waals surface area (Å²) < 4.78 is 25.8. The van der Waals surface area contributed by atoms with Gasteiger partial charge in [-0.25, -0.2) is 13.6 Å². The van der Waals surface area contributed by atoms with Crippen molar-refractivity contribution in [2.75, 3.05) is 0 Å². The van der Waals surface area contributed by atoms with Gasteiger partial charge in [0.15, 0.2) is 0 Å². The molecule has 4 nitrogen and oxygen atoms in total. The summed E-state index contributed by atoms with van der Waals surface area (Å²) in [6.07, 6.45) is 1.59. The van der Waals surface area contributed by atoms with Crippen molar-refractivity contribution >= 4 is 36.9 Å². The van der Waals surface area contributed by atoms with Crippen molar-refractivity contribution in [3.05, 3.63) is 28.9 Å². The summed E-state index contributed by atoms with van der Waals surface area (Å²) in [7, 11) is -3.70. The molecule has 0 aliphatic heterocycles. The third-order valence-electron chi connectivity index (χ3n) is 2.62. The number of primary sulfonamides is 1. The zero-order valence-corrected chi connectivity index (χ0v) is 11.9. The Bertz CT molecular complexity index is 674. The van der Waals surface area contributed by atoms with E-state index in [-0.39, 0.29) is 10.9 Å². The monoisotopic (exact) mass is 316 g/mol. The van der Waals surface area contributed by atoms with Crippen LogP contribution in [0.2, 0.25) is 0 Å². The minimum atomic E-state index is -3.70. The molecule has 17 heavy (non-hydrogen) atoms. The van der Waals surface area contributed by atoms with Gasteiger partial charge >= 0.3 is 0 Å². The van der Waals surface area contributed by atoms with E-state index in [0.717, 1.165) is 9.99 Å². The van der Waals surface area contributed by atoms with Crippen molar-refractivity contribution in [3.63, 3.8) is 0 Å². The Morgan fingerprint density at radius 2 is 2.00 bits per heavy atom. The van der Waals surface area contributed by atoms with Crippen molar-refractivity contribution in [2.45, 2.75) is 24.8 Å². The standard InChI is InChI=1S/C11H13BrN2O2S/c1-7(2)14-6-11(17(13,15)16)9-5-8(12)3-4-10(9)14/h3-7H,1-2H3,(H2,13,15,16). The molecule has 0 saturated heterocycles. The van der Waals surface area contributed by atoms with Crippen molar-refractivity contribution in [1.29, 1.82) is 0 Å². The Morgan fingerprint density at radius 3 is 2.53 bits per heavy atom. The van der Waals surface area contributed by atoms with E-state index in [4.69, 9.17) is 5.14 Å². The molecule has 0 atom stereocenters. The fraction of sp³-hybridized carbons (Fsp3) is 0.273. The van der Waals surface area contributed by atoms with Crippen LogP contribution in [0.3, 0.4) is 0 Å². The summed E-state index contributed by atoms with van der Waals surface area (Å²) in [6, 6.07) is 5.71. The fourth-order valence-corrected chi connectivity index (χ4v) is 2.94. The Labute approximate surface area is 109 Å². The van der Waals surface area contributed by atoms with Gasteiger partial charge in [-0.2, -0.15) is 0 Å². The highest BCUT2D eigenvalue weighted by atomic mass is 79.9. The number of nitrogens with zero attached hydrogens (tertiary/aromatic N) is 1. The van der Waals surface area contributed by atoms with Gasteiger partial charge in [-0.15, -0.1) is 0 Å². The van der Waals surface area contributed by atoms with Crippen LogP contribution < -0.4 is 5.14 Å². The average molecular weight is 317 g/mol. The molecule has 0 radical (unpaired) electrons. The fourth-order valence-electron chi connectivity index (χ4n) is 1.85. The van der Waals surface area contributed by atoms with Gasteiger partial charge in [0, 0.05) is 27.6 Å². The maximum absolute atomic E-state index is 11.5. The molecule has 2 N–H and O–H groups in total. The van der Waals surface area contributed by atoms with Crippen molar-refractivity contribution in [3.8, 4) is 0 Å². The molecule has 0 unspecified atom stereocenters. The molecule has 0 aliphatic rings. The Hall–Kier alpha value is -0.850. The summed E-state index contributed by atoms with van der Waals surface area (Å²) in [5, 5.41) is 5.88. The molecular formula is C11H13BrN2O2S. The normalized spacial score (nSPS) is 12.5. The molecule has 6 heteroatoms. The van der Waals surface area contributed by atoms with Gasteiger partial charge in [-0.05, 0) is 32.0 Å². The third-order valence-corrected chi connectivity index (χ3v) is 4.05. The van der Waals surface area contributed by atoms with Gasteiger partial charge in [0.1, 0.15) is 4.90 Å². The predicted molar refractivity (Wildman–Crippen MR) is 71.4 cm³/mol. The van der Waals surface area contributed by atoms with E-state index in [9.17, 15) is 8.42 Å². The largest absolute Gasteiger partial charge is 0.344 e. The molecule has 1 aromatic heterocycles. The zero-order chi connectivity index (χ0) is 12.8. The predicted octanol–water partition coefficient (Wildman–Crippen LogP) is 2.63. The van der Waals surface area contributed by atoms with Crippen molar-refractivity contribution in [2.24, 2.45) is 5.14 Å². The number of fused-ring (bicyclic) bond motifs is 1. The number of hydrogen-bond donors (Lipinski definition) is 1. The average Bonchev–Trinajstić information content (AvgIpc) is 2.55. The maximum Gasteiger partial charge on any atom is 0.240 e. The van der Waals surface area contributed by atoms with E-state index >= 15 is 0 Å². The molecule has 2 aromatic rings. The molecule has 0 fully saturated rings. The van der Waals surface area contributed by atoms with Crippen LogP contribution in [0, 0.1) is 0 Å². The van der Waals surface area contributed by atoms with E-state index in [1.54, 1.807) is 12.3 Å². The van der Waals surface area contributed by atoms with Crippen LogP contribution in [-0.2, 0) is 10.0 Å². The SMILES string of the molecule is CC(C)n1cc(S(N)(=O)=O)c2cc(Br)ccc21. The Morgan fingerprint density at radius 1 is 1.35 bits per heavy atom.